The Hall–Kier alpha value is -0.830. The fourth-order valence-corrected chi connectivity index (χ4v) is 1.98. The highest BCUT2D eigenvalue weighted by atomic mass is 35.7. The molecule has 74 valence electrons. The van der Waals surface area contributed by atoms with Crippen molar-refractivity contribution in [2.24, 2.45) is 0 Å². The molecule has 0 saturated heterocycles. The lowest BCUT2D eigenvalue weighted by Gasteiger charge is -2.00. The molecule has 0 saturated carbocycles. The zero-order valence-electron chi connectivity index (χ0n) is 6.46. The summed E-state index contributed by atoms with van der Waals surface area (Å²) in [6.45, 7) is 0. The van der Waals surface area contributed by atoms with E-state index in [1.54, 1.807) is 6.07 Å². The smallest absolute Gasteiger partial charge is 0.207 e. The predicted molar refractivity (Wildman–Crippen MR) is 49.2 cm³/mol. The maximum Gasteiger partial charge on any atom is 0.262 e. The van der Waals surface area contributed by atoms with Gasteiger partial charge in [-0.3, -0.25) is 0 Å². The van der Waals surface area contributed by atoms with Gasteiger partial charge in [0.1, 0.15) is 16.8 Å². The first-order valence-corrected chi connectivity index (χ1v) is 5.89. The standard InChI is InChI=1S/C7H2Cl2FNO2S/c8-5-1-4(3-11)7(2-6(5)10)14(9,12)13/h1-2H. The van der Waals surface area contributed by atoms with Crippen molar-refractivity contribution in [3.05, 3.63) is 28.5 Å². The van der Waals surface area contributed by atoms with E-state index in [2.05, 4.69) is 0 Å². The molecule has 0 spiro atoms. The van der Waals surface area contributed by atoms with Crippen molar-refractivity contribution in [3.63, 3.8) is 0 Å². The van der Waals surface area contributed by atoms with Gasteiger partial charge in [0, 0.05) is 10.7 Å². The largest absolute Gasteiger partial charge is 0.262 e. The van der Waals surface area contributed by atoms with Gasteiger partial charge in [-0.15, -0.1) is 0 Å². The molecular weight excluding hydrogens is 252 g/mol. The SMILES string of the molecule is N#Cc1cc(Cl)c(F)cc1S(=O)(=O)Cl. The van der Waals surface area contributed by atoms with E-state index in [0.717, 1.165) is 6.07 Å². The Morgan fingerprint density at radius 2 is 2.00 bits per heavy atom. The highest BCUT2D eigenvalue weighted by Crippen LogP contribution is 2.25. The van der Waals surface area contributed by atoms with Crippen molar-refractivity contribution in [2.75, 3.05) is 0 Å². The fourth-order valence-electron chi connectivity index (χ4n) is 0.818. The molecule has 0 aliphatic carbocycles. The lowest BCUT2D eigenvalue weighted by molar-refractivity contribution is 0.602. The maximum atomic E-state index is 12.9. The molecule has 14 heavy (non-hydrogen) atoms. The molecule has 0 atom stereocenters. The van der Waals surface area contributed by atoms with E-state index in [4.69, 9.17) is 27.5 Å². The molecule has 0 bridgehead atoms. The fraction of sp³-hybridized carbons (Fsp3) is 0. The normalized spacial score (nSPS) is 11.0. The lowest BCUT2D eigenvalue weighted by Crippen LogP contribution is -1.96. The lowest BCUT2D eigenvalue weighted by atomic mass is 10.2. The summed E-state index contributed by atoms with van der Waals surface area (Å²) < 4.78 is 34.6. The molecule has 0 fully saturated rings. The molecule has 1 rings (SSSR count). The summed E-state index contributed by atoms with van der Waals surface area (Å²) in [6, 6.07) is 3.08. The van der Waals surface area contributed by atoms with Crippen molar-refractivity contribution >= 4 is 31.3 Å². The van der Waals surface area contributed by atoms with Crippen LogP contribution in [0.15, 0.2) is 17.0 Å². The predicted octanol–water partition coefficient (Wildman–Crippen LogP) is 2.28. The quantitative estimate of drug-likeness (QED) is 0.722. The highest BCUT2D eigenvalue weighted by molar-refractivity contribution is 8.13. The summed E-state index contributed by atoms with van der Waals surface area (Å²) in [6.07, 6.45) is 0. The molecule has 0 unspecified atom stereocenters. The highest BCUT2D eigenvalue weighted by Gasteiger charge is 2.18. The van der Waals surface area contributed by atoms with Crippen LogP contribution in [0.2, 0.25) is 5.02 Å². The molecular formula is C7H2Cl2FNO2S. The molecule has 0 aliphatic heterocycles. The summed E-state index contributed by atoms with van der Waals surface area (Å²) in [4.78, 5) is -0.580. The Bertz CT molecular complexity index is 521. The van der Waals surface area contributed by atoms with Crippen LogP contribution in [0.4, 0.5) is 4.39 Å². The molecule has 0 amide bonds. The first-order valence-electron chi connectivity index (χ1n) is 3.20. The van der Waals surface area contributed by atoms with E-state index >= 15 is 0 Å². The average Bonchev–Trinajstić information content (AvgIpc) is 2.07. The van der Waals surface area contributed by atoms with Crippen molar-refractivity contribution in [1.29, 1.82) is 5.26 Å². The molecule has 7 heteroatoms. The van der Waals surface area contributed by atoms with Gasteiger partial charge in [0.25, 0.3) is 9.05 Å². The van der Waals surface area contributed by atoms with Crippen LogP contribution in [0, 0.1) is 17.1 Å². The first-order chi connectivity index (χ1) is 6.36. The molecule has 0 aromatic heterocycles. The number of nitrogens with zero attached hydrogens (tertiary/aromatic N) is 1. The van der Waals surface area contributed by atoms with Gasteiger partial charge in [-0.25, -0.2) is 12.8 Å². The van der Waals surface area contributed by atoms with Crippen LogP contribution < -0.4 is 0 Å². The van der Waals surface area contributed by atoms with Gasteiger partial charge in [-0.1, -0.05) is 11.6 Å². The third-order valence-electron chi connectivity index (χ3n) is 1.41. The van der Waals surface area contributed by atoms with Crippen LogP contribution in [0.5, 0.6) is 0 Å². The Balaban J connectivity index is 3.61. The molecule has 0 aliphatic rings. The minimum absolute atomic E-state index is 0.286. The molecule has 0 heterocycles. The zero-order chi connectivity index (χ0) is 10.9. The molecule has 3 nitrogen and oxygen atoms in total. The van der Waals surface area contributed by atoms with Gasteiger partial charge in [0.15, 0.2) is 0 Å². The van der Waals surface area contributed by atoms with Gasteiger partial charge in [0.05, 0.1) is 10.6 Å². The summed E-state index contributed by atoms with van der Waals surface area (Å²) in [7, 11) is 0.844. The maximum absolute atomic E-state index is 12.9. The topological polar surface area (TPSA) is 57.9 Å². The Labute approximate surface area is 89.1 Å². The Morgan fingerprint density at radius 3 is 2.43 bits per heavy atom. The third kappa shape index (κ3) is 2.15. The van der Waals surface area contributed by atoms with Crippen LogP contribution >= 0.6 is 22.3 Å². The van der Waals surface area contributed by atoms with Crippen LogP contribution in [-0.2, 0) is 9.05 Å². The summed E-state index contributed by atoms with van der Waals surface area (Å²) in [5.74, 6) is -0.940. The van der Waals surface area contributed by atoms with E-state index in [-0.39, 0.29) is 10.6 Å². The molecule has 1 aromatic rings. The minimum atomic E-state index is -4.13. The Kier molecular flexibility index (Phi) is 3.00. The van der Waals surface area contributed by atoms with Gasteiger partial charge in [-0.2, -0.15) is 5.26 Å². The summed E-state index contributed by atoms with van der Waals surface area (Å²) in [5.41, 5.74) is -0.286. The van der Waals surface area contributed by atoms with Gasteiger partial charge in [-0.05, 0) is 12.1 Å². The number of benzene rings is 1. The van der Waals surface area contributed by atoms with Crippen LogP contribution in [0.1, 0.15) is 5.56 Å². The second-order valence-corrected chi connectivity index (χ2v) is 5.25. The van der Waals surface area contributed by atoms with Crippen molar-refractivity contribution in [3.8, 4) is 6.07 Å². The van der Waals surface area contributed by atoms with Gasteiger partial charge in [0.2, 0.25) is 0 Å². The third-order valence-corrected chi connectivity index (χ3v) is 3.06. The number of nitriles is 1. The van der Waals surface area contributed by atoms with Crippen LogP contribution in [0.3, 0.4) is 0 Å². The molecule has 0 radical (unpaired) electrons. The van der Waals surface area contributed by atoms with E-state index in [0.29, 0.717) is 6.07 Å². The number of hydrogen-bond donors (Lipinski definition) is 0. The minimum Gasteiger partial charge on any atom is -0.207 e. The Morgan fingerprint density at radius 1 is 1.43 bits per heavy atom. The summed E-state index contributed by atoms with van der Waals surface area (Å²) in [5, 5.41) is 8.21. The van der Waals surface area contributed by atoms with Crippen molar-refractivity contribution in [2.45, 2.75) is 4.90 Å². The van der Waals surface area contributed by atoms with Gasteiger partial charge >= 0.3 is 0 Å². The van der Waals surface area contributed by atoms with Crippen molar-refractivity contribution < 1.29 is 12.8 Å². The summed E-state index contributed by atoms with van der Waals surface area (Å²) >= 11 is 5.35. The monoisotopic (exact) mass is 253 g/mol. The molecule has 0 N–H and O–H groups in total. The number of rotatable bonds is 1. The number of hydrogen-bond acceptors (Lipinski definition) is 3. The van der Waals surface area contributed by atoms with Crippen LogP contribution in [-0.4, -0.2) is 8.42 Å². The van der Waals surface area contributed by atoms with E-state index in [9.17, 15) is 12.8 Å². The van der Waals surface area contributed by atoms with E-state index < -0.39 is 19.8 Å². The van der Waals surface area contributed by atoms with Crippen molar-refractivity contribution in [1.82, 2.24) is 0 Å². The van der Waals surface area contributed by atoms with Crippen LogP contribution in [0.25, 0.3) is 0 Å². The average molecular weight is 254 g/mol. The molecule has 1 aromatic carbocycles. The second-order valence-electron chi connectivity index (χ2n) is 2.31. The van der Waals surface area contributed by atoms with E-state index in [1.165, 1.54) is 0 Å². The first kappa shape index (κ1) is 11.2. The number of halogens is 3. The van der Waals surface area contributed by atoms with E-state index in [1.807, 2.05) is 0 Å². The second kappa shape index (κ2) is 3.73. The zero-order valence-corrected chi connectivity index (χ0v) is 8.79. The van der Waals surface area contributed by atoms with Gasteiger partial charge < -0.3 is 0 Å².